The molecular formula is C20H13N4O4-. The maximum Gasteiger partial charge on any atom is 0.270 e. The fourth-order valence-electron chi connectivity index (χ4n) is 2.66. The zero-order valence-electron chi connectivity index (χ0n) is 14.7. The first-order chi connectivity index (χ1) is 13.5. The van der Waals surface area contributed by atoms with Crippen LogP contribution >= 0.6 is 0 Å². The SMILES string of the molecule is Cc1ccc(-c2nc3ncccc3o2)cc1N=Cc1cc([N+](=O)[O-])ccc1[O-]. The van der Waals surface area contributed by atoms with E-state index in [-0.39, 0.29) is 17.0 Å². The van der Waals surface area contributed by atoms with Crippen molar-refractivity contribution >= 4 is 28.8 Å². The van der Waals surface area contributed by atoms with Gasteiger partial charge < -0.3 is 9.52 Å². The van der Waals surface area contributed by atoms with Gasteiger partial charge >= 0.3 is 0 Å². The van der Waals surface area contributed by atoms with Crippen LogP contribution in [0.2, 0.25) is 0 Å². The number of hydrogen-bond donors (Lipinski definition) is 0. The van der Waals surface area contributed by atoms with E-state index in [4.69, 9.17) is 4.42 Å². The van der Waals surface area contributed by atoms with Crippen molar-refractivity contribution in [2.45, 2.75) is 6.92 Å². The van der Waals surface area contributed by atoms with Gasteiger partial charge in [0.1, 0.15) is 0 Å². The molecular weight excluding hydrogens is 360 g/mol. The molecule has 2 heterocycles. The Labute approximate surface area is 159 Å². The molecule has 4 rings (SSSR count). The number of oxazole rings is 1. The van der Waals surface area contributed by atoms with Crippen molar-refractivity contribution in [3.8, 4) is 17.2 Å². The number of nitrogens with zero attached hydrogens (tertiary/aromatic N) is 4. The molecule has 0 amide bonds. The van der Waals surface area contributed by atoms with Crippen LogP contribution in [0.25, 0.3) is 22.7 Å². The largest absolute Gasteiger partial charge is 0.872 e. The first-order valence-corrected chi connectivity index (χ1v) is 8.33. The molecule has 0 saturated carbocycles. The number of hydrogen-bond acceptors (Lipinski definition) is 7. The predicted molar refractivity (Wildman–Crippen MR) is 102 cm³/mol. The number of pyridine rings is 1. The molecule has 4 aromatic rings. The van der Waals surface area contributed by atoms with Crippen LogP contribution in [0.1, 0.15) is 11.1 Å². The molecule has 0 atom stereocenters. The first kappa shape index (κ1) is 17.3. The van der Waals surface area contributed by atoms with Gasteiger partial charge in [-0.3, -0.25) is 15.1 Å². The molecule has 8 heteroatoms. The monoisotopic (exact) mass is 373 g/mol. The van der Waals surface area contributed by atoms with E-state index in [1.54, 1.807) is 24.4 Å². The van der Waals surface area contributed by atoms with Gasteiger partial charge in [0.2, 0.25) is 5.89 Å². The number of nitro groups is 1. The molecule has 2 aromatic heterocycles. The predicted octanol–water partition coefficient (Wildman–Crippen LogP) is 3.93. The lowest BCUT2D eigenvalue weighted by Crippen LogP contribution is -1.98. The van der Waals surface area contributed by atoms with Crippen LogP contribution in [0.3, 0.4) is 0 Å². The third-order valence-electron chi connectivity index (χ3n) is 4.17. The maximum atomic E-state index is 11.9. The van der Waals surface area contributed by atoms with Gasteiger partial charge in [-0.1, -0.05) is 17.9 Å². The second-order valence-electron chi connectivity index (χ2n) is 6.08. The van der Waals surface area contributed by atoms with Crippen LogP contribution in [-0.4, -0.2) is 21.1 Å². The summed E-state index contributed by atoms with van der Waals surface area (Å²) in [5, 5.41) is 22.8. The molecule has 0 spiro atoms. The zero-order valence-corrected chi connectivity index (χ0v) is 14.7. The van der Waals surface area contributed by atoms with Crippen LogP contribution in [0.5, 0.6) is 5.75 Å². The van der Waals surface area contributed by atoms with Gasteiger partial charge in [0, 0.05) is 30.1 Å². The smallest absolute Gasteiger partial charge is 0.270 e. The first-order valence-electron chi connectivity index (χ1n) is 8.33. The minimum atomic E-state index is -0.552. The molecule has 0 aliphatic heterocycles. The van der Waals surface area contributed by atoms with Gasteiger partial charge in [0.15, 0.2) is 11.2 Å². The number of aliphatic imine (C=N–C) groups is 1. The summed E-state index contributed by atoms with van der Waals surface area (Å²) in [6.07, 6.45) is 2.97. The molecule has 0 unspecified atom stereocenters. The standard InChI is InChI=1S/C20H14N4O4/c1-12-4-5-13(20-23-19-18(28-20)3-2-8-21-19)10-16(12)22-11-14-9-15(24(26)27)6-7-17(14)25/h2-11,25H,1H3/p-1. The van der Waals surface area contributed by atoms with Crippen molar-refractivity contribution in [1.29, 1.82) is 0 Å². The lowest BCUT2D eigenvalue weighted by Gasteiger charge is -2.09. The Kier molecular flexibility index (Phi) is 4.29. The fourth-order valence-corrected chi connectivity index (χ4v) is 2.66. The quantitative estimate of drug-likeness (QED) is 0.304. The molecule has 0 bridgehead atoms. The van der Waals surface area contributed by atoms with Gasteiger partial charge in [-0.05, 0) is 42.3 Å². The van der Waals surface area contributed by atoms with E-state index >= 15 is 0 Å². The van der Waals surface area contributed by atoms with E-state index in [1.807, 2.05) is 19.1 Å². The van der Waals surface area contributed by atoms with Gasteiger partial charge in [-0.2, -0.15) is 4.98 Å². The second-order valence-corrected chi connectivity index (χ2v) is 6.08. The number of aromatic nitrogens is 2. The lowest BCUT2D eigenvalue weighted by molar-refractivity contribution is -0.385. The topological polar surface area (TPSA) is 117 Å². The molecule has 0 N–H and O–H groups in total. The maximum absolute atomic E-state index is 11.9. The van der Waals surface area contributed by atoms with Gasteiger partial charge in [-0.15, -0.1) is 0 Å². The summed E-state index contributed by atoms with van der Waals surface area (Å²) in [6, 6.07) is 12.6. The van der Waals surface area contributed by atoms with Crippen molar-refractivity contribution in [3.63, 3.8) is 0 Å². The average Bonchev–Trinajstić information content (AvgIpc) is 3.12. The van der Waals surface area contributed by atoms with Crippen molar-refractivity contribution in [2.75, 3.05) is 0 Å². The summed E-state index contributed by atoms with van der Waals surface area (Å²) < 4.78 is 5.72. The Morgan fingerprint density at radius 3 is 2.82 bits per heavy atom. The highest BCUT2D eigenvalue weighted by atomic mass is 16.6. The van der Waals surface area contributed by atoms with Crippen molar-refractivity contribution in [2.24, 2.45) is 4.99 Å². The molecule has 0 radical (unpaired) electrons. The van der Waals surface area contributed by atoms with Crippen LogP contribution in [0.15, 0.2) is 64.1 Å². The Balaban J connectivity index is 1.71. The summed E-state index contributed by atoms with van der Waals surface area (Å²) in [5.74, 6) is 0.0678. The Morgan fingerprint density at radius 1 is 1.18 bits per heavy atom. The molecule has 2 aromatic carbocycles. The number of fused-ring (bicyclic) bond motifs is 1. The summed E-state index contributed by atoms with van der Waals surface area (Å²) in [7, 11) is 0. The molecule has 28 heavy (non-hydrogen) atoms. The number of aryl methyl sites for hydroxylation is 1. The van der Waals surface area contributed by atoms with E-state index in [0.29, 0.717) is 28.4 Å². The summed E-state index contributed by atoms with van der Waals surface area (Å²) in [5.41, 5.74) is 3.24. The van der Waals surface area contributed by atoms with Crippen molar-refractivity contribution in [3.05, 3.63) is 76.0 Å². The molecule has 0 fully saturated rings. The lowest BCUT2D eigenvalue weighted by atomic mass is 10.1. The normalized spacial score (nSPS) is 11.3. The summed E-state index contributed by atoms with van der Waals surface area (Å²) >= 11 is 0. The number of benzene rings is 2. The second kappa shape index (κ2) is 6.92. The van der Waals surface area contributed by atoms with E-state index in [0.717, 1.165) is 11.6 Å². The van der Waals surface area contributed by atoms with Crippen LogP contribution in [-0.2, 0) is 0 Å². The highest BCUT2D eigenvalue weighted by Crippen LogP contribution is 2.29. The molecule has 0 saturated heterocycles. The van der Waals surface area contributed by atoms with Crippen LogP contribution in [0.4, 0.5) is 11.4 Å². The third kappa shape index (κ3) is 3.30. The number of rotatable bonds is 4. The van der Waals surface area contributed by atoms with Crippen LogP contribution in [0, 0.1) is 17.0 Å². The molecule has 0 aliphatic carbocycles. The van der Waals surface area contributed by atoms with E-state index in [1.165, 1.54) is 18.3 Å². The number of non-ortho nitro benzene ring substituents is 1. The minimum Gasteiger partial charge on any atom is -0.872 e. The Bertz CT molecular complexity index is 1200. The molecule has 0 aliphatic rings. The van der Waals surface area contributed by atoms with E-state index in [9.17, 15) is 15.2 Å². The highest BCUT2D eigenvalue weighted by molar-refractivity contribution is 5.86. The van der Waals surface area contributed by atoms with Crippen LogP contribution < -0.4 is 5.11 Å². The van der Waals surface area contributed by atoms with E-state index in [2.05, 4.69) is 15.0 Å². The minimum absolute atomic E-state index is 0.144. The third-order valence-corrected chi connectivity index (χ3v) is 4.17. The van der Waals surface area contributed by atoms with Gasteiger partial charge in [0.25, 0.3) is 5.69 Å². The zero-order chi connectivity index (χ0) is 19.7. The number of nitro benzene ring substituents is 1. The van der Waals surface area contributed by atoms with Gasteiger partial charge in [-0.25, -0.2) is 4.98 Å². The highest BCUT2D eigenvalue weighted by Gasteiger charge is 2.10. The summed E-state index contributed by atoms with van der Waals surface area (Å²) in [4.78, 5) is 23.2. The Hall–Kier alpha value is -4.07. The van der Waals surface area contributed by atoms with Gasteiger partial charge in [0.05, 0.1) is 10.6 Å². The van der Waals surface area contributed by atoms with Crippen molar-refractivity contribution in [1.82, 2.24) is 9.97 Å². The fraction of sp³-hybridized carbons (Fsp3) is 0.0500. The molecule has 8 nitrogen and oxygen atoms in total. The van der Waals surface area contributed by atoms with Crippen molar-refractivity contribution < 1.29 is 14.4 Å². The molecule has 138 valence electrons. The average molecular weight is 373 g/mol. The summed E-state index contributed by atoms with van der Waals surface area (Å²) in [6.45, 7) is 1.87. The Morgan fingerprint density at radius 2 is 2.04 bits per heavy atom. The van der Waals surface area contributed by atoms with E-state index < -0.39 is 4.92 Å².